The fourth-order valence-corrected chi connectivity index (χ4v) is 2.93. The van der Waals surface area contributed by atoms with Gasteiger partial charge in [-0.15, -0.1) is 0 Å². The van der Waals surface area contributed by atoms with Gasteiger partial charge in [-0.2, -0.15) is 0 Å². The van der Waals surface area contributed by atoms with Crippen LogP contribution in [0.25, 0.3) is 0 Å². The average Bonchev–Trinajstić information content (AvgIpc) is 2.66. The van der Waals surface area contributed by atoms with Crippen LogP contribution in [0.2, 0.25) is 5.02 Å². The number of aromatic nitrogens is 1. The number of pyridine rings is 1. The number of nitrogens with zero attached hydrogens (tertiary/aromatic N) is 2. The molecule has 1 amide bonds. The maximum absolute atomic E-state index is 12.5. The van der Waals surface area contributed by atoms with Crippen molar-refractivity contribution in [3.63, 3.8) is 0 Å². The van der Waals surface area contributed by atoms with Gasteiger partial charge in [0.25, 0.3) is 5.91 Å². The average molecular weight is 296 g/mol. The van der Waals surface area contributed by atoms with Gasteiger partial charge in [0.15, 0.2) is 0 Å². The second-order valence-electron chi connectivity index (χ2n) is 5.79. The zero-order chi connectivity index (χ0) is 14.7. The van der Waals surface area contributed by atoms with Crippen molar-refractivity contribution < 1.29 is 4.79 Å². The van der Waals surface area contributed by atoms with Crippen molar-refractivity contribution in [2.45, 2.75) is 33.1 Å². The Morgan fingerprint density at radius 1 is 1.40 bits per heavy atom. The number of likely N-dealkylation sites (tertiary alicyclic amines) is 1. The third-order valence-corrected chi connectivity index (χ3v) is 4.38. The number of halogens is 1. The lowest BCUT2D eigenvalue weighted by Crippen LogP contribution is -2.33. The number of amides is 1. The Morgan fingerprint density at radius 2 is 2.15 bits per heavy atom. The van der Waals surface area contributed by atoms with E-state index in [2.05, 4.69) is 18.8 Å². The summed E-state index contributed by atoms with van der Waals surface area (Å²) in [4.78, 5) is 18.5. The van der Waals surface area contributed by atoms with E-state index in [0.717, 1.165) is 25.9 Å². The van der Waals surface area contributed by atoms with Crippen molar-refractivity contribution in [3.8, 4) is 0 Å². The molecule has 20 heavy (non-hydrogen) atoms. The summed E-state index contributed by atoms with van der Waals surface area (Å²) in [6.45, 7) is 6.04. The van der Waals surface area contributed by atoms with Crippen LogP contribution in [0.3, 0.4) is 0 Å². The van der Waals surface area contributed by atoms with Crippen LogP contribution in [0.15, 0.2) is 12.1 Å². The predicted octanol–water partition coefficient (Wildman–Crippen LogP) is 3.22. The van der Waals surface area contributed by atoms with Crippen molar-refractivity contribution in [2.24, 2.45) is 11.8 Å². The third-order valence-electron chi connectivity index (χ3n) is 4.07. The first-order valence-electron chi connectivity index (χ1n) is 7.20. The molecule has 1 atom stereocenters. The fourth-order valence-electron chi connectivity index (χ4n) is 2.75. The van der Waals surface area contributed by atoms with Crippen LogP contribution in [-0.2, 0) is 0 Å². The number of hydrogen-bond donors (Lipinski definition) is 1. The molecule has 1 aliphatic rings. The predicted molar refractivity (Wildman–Crippen MR) is 81.7 cm³/mol. The van der Waals surface area contributed by atoms with Gasteiger partial charge in [-0.3, -0.25) is 4.79 Å². The summed E-state index contributed by atoms with van der Waals surface area (Å²) < 4.78 is 0. The van der Waals surface area contributed by atoms with Crippen LogP contribution in [0, 0.1) is 11.8 Å². The standard InChI is InChI=1S/C15H22ClN3O/c1-10(2)11-4-3-8-19(9-7-11)15(20)14-12(16)5-6-13(17)18-14/h5-6,10-11H,3-4,7-9H2,1-2H3,(H2,17,18). The number of rotatable bonds is 2. The summed E-state index contributed by atoms with van der Waals surface area (Å²) in [6, 6.07) is 3.24. The van der Waals surface area contributed by atoms with Crippen molar-refractivity contribution in [1.29, 1.82) is 0 Å². The van der Waals surface area contributed by atoms with E-state index in [1.807, 2.05) is 4.90 Å². The highest BCUT2D eigenvalue weighted by molar-refractivity contribution is 6.33. The number of carbonyl (C=O) groups is 1. The van der Waals surface area contributed by atoms with Gasteiger partial charge in [-0.1, -0.05) is 25.4 Å². The Hall–Kier alpha value is -1.29. The highest BCUT2D eigenvalue weighted by Gasteiger charge is 2.25. The molecule has 0 radical (unpaired) electrons. The molecule has 1 aromatic heterocycles. The minimum Gasteiger partial charge on any atom is -0.384 e. The Labute approximate surface area is 125 Å². The molecule has 0 spiro atoms. The molecule has 1 aromatic rings. The smallest absolute Gasteiger partial charge is 0.274 e. The molecular formula is C15H22ClN3O. The maximum Gasteiger partial charge on any atom is 0.274 e. The van der Waals surface area contributed by atoms with Gasteiger partial charge in [0, 0.05) is 13.1 Å². The largest absolute Gasteiger partial charge is 0.384 e. The van der Waals surface area contributed by atoms with Crippen LogP contribution in [0.1, 0.15) is 43.6 Å². The molecule has 0 aromatic carbocycles. The van der Waals surface area contributed by atoms with E-state index in [9.17, 15) is 4.79 Å². The Bertz CT molecular complexity index is 490. The zero-order valence-electron chi connectivity index (χ0n) is 12.1. The number of nitrogen functional groups attached to an aromatic ring is 1. The molecule has 0 bridgehead atoms. The lowest BCUT2D eigenvalue weighted by molar-refractivity contribution is 0.0753. The van der Waals surface area contributed by atoms with Crippen molar-refractivity contribution in [1.82, 2.24) is 9.88 Å². The van der Waals surface area contributed by atoms with E-state index in [0.29, 0.717) is 22.7 Å². The second-order valence-corrected chi connectivity index (χ2v) is 6.20. The first kappa shape index (κ1) is 15.1. The first-order valence-corrected chi connectivity index (χ1v) is 7.58. The summed E-state index contributed by atoms with van der Waals surface area (Å²) in [5.74, 6) is 1.58. The van der Waals surface area contributed by atoms with Crippen molar-refractivity contribution in [2.75, 3.05) is 18.8 Å². The van der Waals surface area contributed by atoms with E-state index in [-0.39, 0.29) is 11.6 Å². The van der Waals surface area contributed by atoms with E-state index in [1.165, 1.54) is 6.42 Å². The molecule has 0 saturated carbocycles. The summed E-state index contributed by atoms with van der Waals surface area (Å²) in [6.07, 6.45) is 3.26. The van der Waals surface area contributed by atoms with E-state index in [1.54, 1.807) is 12.1 Å². The summed E-state index contributed by atoms with van der Waals surface area (Å²) in [5, 5.41) is 0.369. The lowest BCUT2D eigenvalue weighted by atomic mass is 9.89. The van der Waals surface area contributed by atoms with Crippen LogP contribution in [-0.4, -0.2) is 28.9 Å². The van der Waals surface area contributed by atoms with Crippen LogP contribution in [0.4, 0.5) is 5.82 Å². The van der Waals surface area contributed by atoms with Gasteiger partial charge in [0.2, 0.25) is 0 Å². The molecule has 1 fully saturated rings. The second kappa shape index (κ2) is 6.44. The SMILES string of the molecule is CC(C)C1CCCN(C(=O)c2nc(N)ccc2Cl)CC1. The lowest BCUT2D eigenvalue weighted by Gasteiger charge is -2.21. The van der Waals surface area contributed by atoms with Gasteiger partial charge in [-0.25, -0.2) is 4.98 Å². The Kier molecular flexibility index (Phi) is 4.86. The summed E-state index contributed by atoms with van der Waals surface area (Å²) in [5.41, 5.74) is 5.92. The van der Waals surface area contributed by atoms with Crippen LogP contribution < -0.4 is 5.73 Å². The summed E-state index contributed by atoms with van der Waals surface area (Å²) >= 11 is 6.06. The van der Waals surface area contributed by atoms with Gasteiger partial charge in [0.05, 0.1) is 5.02 Å². The summed E-state index contributed by atoms with van der Waals surface area (Å²) in [7, 11) is 0. The zero-order valence-corrected chi connectivity index (χ0v) is 12.9. The minimum atomic E-state index is -0.105. The van der Waals surface area contributed by atoms with Crippen molar-refractivity contribution >= 4 is 23.3 Å². The van der Waals surface area contributed by atoms with Gasteiger partial charge < -0.3 is 10.6 Å². The highest BCUT2D eigenvalue weighted by Crippen LogP contribution is 2.26. The topological polar surface area (TPSA) is 59.2 Å². The molecule has 2 rings (SSSR count). The number of hydrogen-bond acceptors (Lipinski definition) is 3. The molecular weight excluding hydrogens is 274 g/mol. The molecule has 1 unspecified atom stereocenters. The number of nitrogens with two attached hydrogens (primary N) is 1. The Morgan fingerprint density at radius 3 is 2.85 bits per heavy atom. The van der Waals surface area contributed by atoms with Gasteiger partial charge in [0.1, 0.15) is 11.5 Å². The van der Waals surface area contributed by atoms with Gasteiger partial charge in [-0.05, 0) is 43.2 Å². The monoisotopic (exact) mass is 295 g/mol. The first-order chi connectivity index (χ1) is 9.49. The van der Waals surface area contributed by atoms with Crippen LogP contribution in [0.5, 0.6) is 0 Å². The van der Waals surface area contributed by atoms with E-state index in [4.69, 9.17) is 17.3 Å². The molecule has 4 nitrogen and oxygen atoms in total. The normalized spacial score (nSPS) is 20.0. The molecule has 110 valence electrons. The molecule has 2 heterocycles. The molecule has 1 saturated heterocycles. The van der Waals surface area contributed by atoms with Crippen LogP contribution >= 0.6 is 11.6 Å². The van der Waals surface area contributed by atoms with E-state index >= 15 is 0 Å². The Balaban J connectivity index is 2.11. The third kappa shape index (κ3) is 3.42. The number of carbonyl (C=O) groups excluding carboxylic acids is 1. The maximum atomic E-state index is 12.5. The number of anilines is 1. The van der Waals surface area contributed by atoms with Crippen molar-refractivity contribution in [3.05, 3.63) is 22.8 Å². The molecule has 2 N–H and O–H groups in total. The van der Waals surface area contributed by atoms with Gasteiger partial charge >= 0.3 is 0 Å². The highest BCUT2D eigenvalue weighted by atomic mass is 35.5. The van der Waals surface area contributed by atoms with E-state index < -0.39 is 0 Å². The molecule has 5 heteroatoms. The minimum absolute atomic E-state index is 0.105. The molecule has 0 aliphatic carbocycles. The quantitative estimate of drug-likeness (QED) is 0.911. The molecule has 1 aliphatic heterocycles. The fraction of sp³-hybridized carbons (Fsp3) is 0.600.